The fraction of sp³-hybridized carbons (Fsp3) is 0.364. The van der Waals surface area contributed by atoms with Gasteiger partial charge >= 0.3 is 5.97 Å². The molecular formula is C22H30O4. The van der Waals surface area contributed by atoms with Crippen LogP contribution in [0, 0.1) is 0 Å². The quantitative estimate of drug-likeness (QED) is 0.268. The molecule has 142 valence electrons. The number of carbonyl (C=O) groups is 2. The first-order valence-electron chi connectivity index (χ1n) is 8.96. The predicted molar refractivity (Wildman–Crippen MR) is 107 cm³/mol. The summed E-state index contributed by atoms with van der Waals surface area (Å²) < 4.78 is 0. The molecule has 0 bridgehead atoms. The molecule has 0 rings (SSSR count). The number of allylic oxidation sites excluding steroid dienone is 10. The van der Waals surface area contributed by atoms with Crippen molar-refractivity contribution in [2.24, 2.45) is 0 Å². The maximum absolute atomic E-state index is 11.7. The van der Waals surface area contributed by atoms with Gasteiger partial charge in [0.2, 0.25) is 0 Å². The summed E-state index contributed by atoms with van der Waals surface area (Å²) in [6.45, 7) is 2.07. The summed E-state index contributed by atoms with van der Waals surface area (Å²) in [6.07, 6.45) is 24.4. The smallest absolute Gasteiger partial charge is 0.303 e. The van der Waals surface area contributed by atoms with Crippen LogP contribution in [0.25, 0.3) is 0 Å². The van der Waals surface area contributed by atoms with E-state index < -0.39 is 12.1 Å². The van der Waals surface area contributed by atoms with Crippen molar-refractivity contribution in [2.75, 3.05) is 0 Å². The number of ketones is 1. The van der Waals surface area contributed by atoms with Crippen LogP contribution in [0.4, 0.5) is 0 Å². The molecule has 0 aliphatic carbocycles. The van der Waals surface area contributed by atoms with Gasteiger partial charge in [-0.25, -0.2) is 0 Å². The van der Waals surface area contributed by atoms with E-state index in [2.05, 4.69) is 19.1 Å². The molecule has 1 unspecified atom stereocenters. The second kappa shape index (κ2) is 17.4. The Morgan fingerprint density at radius 3 is 2.23 bits per heavy atom. The average Bonchev–Trinajstić information content (AvgIpc) is 2.61. The summed E-state index contributed by atoms with van der Waals surface area (Å²) in [5.74, 6) is -1.10. The van der Waals surface area contributed by atoms with Crippen molar-refractivity contribution in [2.45, 2.75) is 51.6 Å². The highest BCUT2D eigenvalue weighted by Crippen LogP contribution is 1.99. The molecular weight excluding hydrogens is 328 g/mol. The van der Waals surface area contributed by atoms with Gasteiger partial charge in [-0.05, 0) is 38.2 Å². The number of hydrogen-bond acceptors (Lipinski definition) is 3. The first-order chi connectivity index (χ1) is 12.6. The van der Waals surface area contributed by atoms with Gasteiger partial charge in [0, 0.05) is 6.42 Å². The van der Waals surface area contributed by atoms with Crippen LogP contribution in [0.1, 0.15) is 45.4 Å². The van der Waals surface area contributed by atoms with Crippen molar-refractivity contribution in [3.05, 3.63) is 72.9 Å². The zero-order valence-corrected chi connectivity index (χ0v) is 15.5. The predicted octanol–water partition coefficient (Wildman–Crippen LogP) is 4.70. The van der Waals surface area contributed by atoms with E-state index in [1.54, 1.807) is 18.2 Å². The molecule has 26 heavy (non-hydrogen) atoms. The van der Waals surface area contributed by atoms with Crippen LogP contribution in [-0.4, -0.2) is 28.1 Å². The number of carbonyl (C=O) groups excluding carboxylic acids is 1. The summed E-state index contributed by atoms with van der Waals surface area (Å²) >= 11 is 0. The summed E-state index contributed by atoms with van der Waals surface area (Å²) in [6, 6.07) is 0. The number of aliphatic carboxylic acids is 1. The van der Waals surface area contributed by atoms with E-state index in [1.807, 2.05) is 36.5 Å². The molecule has 0 aliphatic rings. The van der Waals surface area contributed by atoms with Crippen LogP contribution in [0.2, 0.25) is 0 Å². The molecule has 0 aromatic rings. The third-order valence-electron chi connectivity index (χ3n) is 3.22. The van der Waals surface area contributed by atoms with Crippen LogP contribution in [0.15, 0.2) is 72.9 Å². The summed E-state index contributed by atoms with van der Waals surface area (Å²) in [5.41, 5.74) is 0. The van der Waals surface area contributed by atoms with Gasteiger partial charge in [-0.15, -0.1) is 0 Å². The Hall–Kier alpha value is -2.46. The van der Waals surface area contributed by atoms with E-state index in [4.69, 9.17) is 5.11 Å². The fourth-order valence-electron chi connectivity index (χ4n) is 1.83. The van der Waals surface area contributed by atoms with Crippen molar-refractivity contribution in [3.63, 3.8) is 0 Å². The Labute approximate surface area is 156 Å². The monoisotopic (exact) mass is 358 g/mol. The topological polar surface area (TPSA) is 74.6 Å². The molecule has 0 aromatic carbocycles. The second-order valence-electron chi connectivity index (χ2n) is 5.55. The van der Waals surface area contributed by atoms with Crippen LogP contribution >= 0.6 is 0 Å². The molecule has 0 amide bonds. The van der Waals surface area contributed by atoms with Crippen LogP contribution < -0.4 is 0 Å². The van der Waals surface area contributed by atoms with Gasteiger partial charge in [-0.2, -0.15) is 0 Å². The van der Waals surface area contributed by atoms with Crippen molar-refractivity contribution >= 4 is 11.8 Å². The normalized spacial score (nSPS) is 14.1. The molecule has 0 saturated heterocycles. The summed E-state index contributed by atoms with van der Waals surface area (Å²) in [5, 5.41) is 18.2. The highest BCUT2D eigenvalue weighted by atomic mass is 16.4. The van der Waals surface area contributed by atoms with Crippen molar-refractivity contribution in [3.8, 4) is 0 Å². The van der Waals surface area contributed by atoms with E-state index >= 15 is 0 Å². The minimum absolute atomic E-state index is 0.149. The van der Waals surface area contributed by atoms with E-state index in [0.29, 0.717) is 12.8 Å². The molecule has 0 spiro atoms. The van der Waals surface area contributed by atoms with Gasteiger partial charge in [0.25, 0.3) is 0 Å². The van der Waals surface area contributed by atoms with E-state index in [0.717, 1.165) is 19.3 Å². The highest BCUT2D eigenvalue weighted by Gasteiger charge is 2.08. The van der Waals surface area contributed by atoms with Gasteiger partial charge in [0.15, 0.2) is 5.78 Å². The molecule has 4 heteroatoms. The minimum atomic E-state index is -1.00. The van der Waals surface area contributed by atoms with E-state index in [9.17, 15) is 14.7 Å². The van der Waals surface area contributed by atoms with Crippen molar-refractivity contribution in [1.82, 2.24) is 0 Å². The van der Waals surface area contributed by atoms with Crippen LogP contribution in [0.3, 0.4) is 0 Å². The molecule has 0 fully saturated rings. The average molecular weight is 358 g/mol. The lowest BCUT2D eigenvalue weighted by Gasteiger charge is -2.01. The lowest BCUT2D eigenvalue weighted by molar-refractivity contribution is -0.136. The van der Waals surface area contributed by atoms with Crippen LogP contribution in [-0.2, 0) is 9.59 Å². The van der Waals surface area contributed by atoms with Crippen molar-refractivity contribution < 1.29 is 19.8 Å². The zero-order valence-electron chi connectivity index (χ0n) is 15.5. The molecule has 2 N–H and O–H groups in total. The number of carboxylic acid groups (broad SMARTS) is 1. The molecule has 0 aromatic heterocycles. The number of aliphatic hydroxyl groups excluding tert-OH is 1. The first-order valence-corrected chi connectivity index (χ1v) is 8.96. The largest absolute Gasteiger partial charge is 0.481 e. The third kappa shape index (κ3) is 16.4. The Morgan fingerprint density at radius 1 is 0.846 bits per heavy atom. The molecule has 0 saturated carbocycles. The molecule has 0 radical (unpaired) electrons. The second-order valence-corrected chi connectivity index (χ2v) is 5.55. The fourth-order valence-corrected chi connectivity index (χ4v) is 1.83. The van der Waals surface area contributed by atoms with Gasteiger partial charge in [-0.3, -0.25) is 9.59 Å². The lowest BCUT2D eigenvalue weighted by Crippen LogP contribution is -2.16. The van der Waals surface area contributed by atoms with Gasteiger partial charge in [-0.1, -0.05) is 73.8 Å². The first kappa shape index (κ1) is 23.5. The highest BCUT2D eigenvalue weighted by molar-refractivity contribution is 5.93. The van der Waals surface area contributed by atoms with E-state index in [1.165, 1.54) is 6.08 Å². The number of hydrogen-bond donors (Lipinski definition) is 2. The molecule has 4 nitrogen and oxygen atoms in total. The van der Waals surface area contributed by atoms with Gasteiger partial charge < -0.3 is 10.2 Å². The zero-order chi connectivity index (χ0) is 19.5. The van der Waals surface area contributed by atoms with Gasteiger partial charge in [0.1, 0.15) is 6.10 Å². The third-order valence-corrected chi connectivity index (χ3v) is 3.22. The Kier molecular flexibility index (Phi) is 15.7. The lowest BCUT2D eigenvalue weighted by atomic mass is 10.1. The number of carboxylic acids is 1. The minimum Gasteiger partial charge on any atom is -0.481 e. The number of rotatable bonds is 14. The SMILES string of the molecule is CC/C=C\C/C=C\CC(O)C(=O)\C=C/C=C/C=C\C/C=C\CCC(=O)O. The maximum Gasteiger partial charge on any atom is 0.303 e. The summed E-state index contributed by atoms with van der Waals surface area (Å²) in [4.78, 5) is 22.0. The van der Waals surface area contributed by atoms with E-state index in [-0.39, 0.29) is 12.2 Å². The maximum atomic E-state index is 11.7. The van der Waals surface area contributed by atoms with Crippen molar-refractivity contribution in [1.29, 1.82) is 0 Å². The van der Waals surface area contributed by atoms with Crippen LogP contribution in [0.5, 0.6) is 0 Å². The molecule has 0 heterocycles. The summed E-state index contributed by atoms with van der Waals surface area (Å²) in [7, 11) is 0. The Bertz CT molecular complexity index is 563. The Balaban J connectivity index is 3.94. The number of aliphatic hydroxyl groups is 1. The molecule has 1 atom stereocenters. The standard InChI is InChI=1S/C22H30O4/c1-2-3-4-5-11-14-17-20(23)21(24)18-15-12-9-7-6-8-10-13-16-19-22(25)26/h3-4,6-7,9-15,18,20,23H,2,5,8,16-17,19H2,1H3,(H,25,26)/b4-3-,7-6-,12-9+,13-10-,14-11-,18-15-. The Morgan fingerprint density at radius 2 is 1.50 bits per heavy atom. The molecule has 0 aliphatic heterocycles. The van der Waals surface area contributed by atoms with Gasteiger partial charge in [0.05, 0.1) is 0 Å².